The minimum absolute atomic E-state index is 0.489. The van der Waals surface area contributed by atoms with Crippen LogP contribution < -0.4 is 4.74 Å². The number of carbonyl (C=O) groups is 1. The Morgan fingerprint density at radius 2 is 1.69 bits per heavy atom. The molecule has 1 atom stereocenters. The van der Waals surface area contributed by atoms with E-state index in [4.69, 9.17) is 4.74 Å². The van der Waals surface area contributed by atoms with Crippen LogP contribution in [0.25, 0.3) is 17.0 Å². The van der Waals surface area contributed by atoms with Gasteiger partial charge >= 0.3 is 5.97 Å². The van der Waals surface area contributed by atoms with Crippen LogP contribution in [0.5, 0.6) is 5.75 Å². The molecule has 0 radical (unpaired) electrons. The first-order valence-corrected chi connectivity index (χ1v) is 12.4. The fourth-order valence-electron chi connectivity index (χ4n) is 4.78. The number of hydrogen-bond donors (Lipinski definition) is 2. The number of aromatic amines is 1. The molecule has 0 unspecified atom stereocenters. The second kappa shape index (κ2) is 11.2. The number of nitrogens with zero attached hydrogens (tertiary/aromatic N) is 2. The van der Waals surface area contributed by atoms with Crippen LogP contribution in [0, 0.1) is 0 Å². The van der Waals surface area contributed by atoms with Gasteiger partial charge < -0.3 is 14.8 Å². The molecule has 1 aliphatic rings. The number of fused-ring (bicyclic) bond motifs is 1. The van der Waals surface area contributed by atoms with Gasteiger partial charge in [0.05, 0.1) is 0 Å². The van der Waals surface area contributed by atoms with Gasteiger partial charge in [-0.15, -0.1) is 0 Å². The molecule has 4 aromatic rings. The Hall–Kier alpha value is -3.87. The van der Waals surface area contributed by atoms with E-state index in [1.54, 1.807) is 0 Å². The molecule has 5 rings (SSSR count). The summed E-state index contributed by atoms with van der Waals surface area (Å²) in [5, 5.41) is 11.1. The first kappa shape index (κ1) is 23.9. The molecule has 2 N–H and O–H groups in total. The minimum atomic E-state index is -0.822. The molecule has 6 heteroatoms. The van der Waals surface area contributed by atoms with Crippen molar-refractivity contribution in [1.29, 1.82) is 0 Å². The SMILES string of the molecule is O=C(O)[C@@H](c1c[nH]c2cc(OCc3ccccc3)ccc12)N1CCN(C/C=C/c2ccccc2)CC1. The lowest BCUT2D eigenvalue weighted by Gasteiger charge is -2.37. The number of ether oxygens (including phenoxy) is 1. The van der Waals surface area contributed by atoms with Gasteiger partial charge in [0, 0.05) is 61.5 Å². The van der Waals surface area contributed by atoms with Crippen LogP contribution in [0.3, 0.4) is 0 Å². The second-order valence-corrected chi connectivity index (χ2v) is 9.12. The molecular formula is C30H31N3O3. The maximum atomic E-state index is 12.4. The predicted octanol–water partition coefficient (Wildman–Crippen LogP) is 5.20. The molecular weight excluding hydrogens is 450 g/mol. The van der Waals surface area contributed by atoms with Crippen LogP contribution in [-0.4, -0.2) is 58.6 Å². The van der Waals surface area contributed by atoms with Crippen molar-refractivity contribution >= 4 is 22.9 Å². The number of aromatic nitrogens is 1. The molecule has 1 saturated heterocycles. The Labute approximate surface area is 211 Å². The summed E-state index contributed by atoms with van der Waals surface area (Å²) in [7, 11) is 0. The van der Waals surface area contributed by atoms with Crippen LogP contribution in [0.15, 0.2) is 91.1 Å². The van der Waals surface area contributed by atoms with Gasteiger partial charge in [0.2, 0.25) is 0 Å². The summed E-state index contributed by atoms with van der Waals surface area (Å²) in [6.45, 7) is 4.44. The Kier molecular flexibility index (Phi) is 7.45. The van der Waals surface area contributed by atoms with Crippen molar-refractivity contribution < 1.29 is 14.6 Å². The molecule has 0 bridgehead atoms. The van der Waals surface area contributed by atoms with Crippen molar-refractivity contribution in [3.63, 3.8) is 0 Å². The lowest BCUT2D eigenvalue weighted by atomic mass is 10.0. The summed E-state index contributed by atoms with van der Waals surface area (Å²) < 4.78 is 5.95. The zero-order valence-electron chi connectivity index (χ0n) is 20.2. The molecule has 1 aliphatic heterocycles. The Morgan fingerprint density at radius 3 is 2.42 bits per heavy atom. The van der Waals surface area contributed by atoms with E-state index in [1.807, 2.05) is 72.9 Å². The van der Waals surface area contributed by atoms with Gasteiger partial charge in [0.25, 0.3) is 0 Å². The van der Waals surface area contributed by atoms with E-state index >= 15 is 0 Å². The number of hydrogen-bond acceptors (Lipinski definition) is 4. The van der Waals surface area contributed by atoms with Crippen LogP contribution in [0.1, 0.15) is 22.7 Å². The number of rotatable bonds is 9. The molecule has 0 aliphatic carbocycles. The van der Waals surface area contributed by atoms with Gasteiger partial charge in [-0.05, 0) is 23.3 Å². The molecule has 0 saturated carbocycles. The van der Waals surface area contributed by atoms with Crippen LogP contribution in [0.4, 0.5) is 0 Å². The summed E-state index contributed by atoms with van der Waals surface area (Å²) >= 11 is 0. The molecule has 0 spiro atoms. The third kappa shape index (κ3) is 5.67. The zero-order valence-corrected chi connectivity index (χ0v) is 20.2. The molecule has 3 aromatic carbocycles. The maximum Gasteiger partial charge on any atom is 0.325 e. The second-order valence-electron chi connectivity index (χ2n) is 9.12. The van der Waals surface area contributed by atoms with Gasteiger partial charge in [0.1, 0.15) is 18.4 Å². The van der Waals surface area contributed by atoms with E-state index in [2.05, 4.69) is 39.1 Å². The lowest BCUT2D eigenvalue weighted by Crippen LogP contribution is -2.49. The smallest absolute Gasteiger partial charge is 0.325 e. The van der Waals surface area contributed by atoms with Crippen molar-refractivity contribution in [1.82, 2.24) is 14.8 Å². The number of aliphatic carboxylic acids is 1. The highest BCUT2D eigenvalue weighted by Gasteiger charge is 2.32. The summed E-state index contributed by atoms with van der Waals surface area (Å²) in [6, 6.07) is 25.4. The van der Waals surface area contributed by atoms with E-state index in [0.29, 0.717) is 19.7 Å². The number of H-pyrrole nitrogens is 1. The van der Waals surface area contributed by atoms with Crippen LogP contribution in [0.2, 0.25) is 0 Å². The van der Waals surface area contributed by atoms with Crippen molar-refractivity contribution in [2.24, 2.45) is 0 Å². The number of carboxylic acid groups (broad SMARTS) is 1. The van der Waals surface area contributed by atoms with Crippen LogP contribution in [-0.2, 0) is 11.4 Å². The Balaban J connectivity index is 1.22. The topological polar surface area (TPSA) is 68.8 Å². The molecule has 1 aromatic heterocycles. The summed E-state index contributed by atoms with van der Waals surface area (Å²) in [5.41, 5.74) is 3.97. The maximum absolute atomic E-state index is 12.4. The molecule has 184 valence electrons. The number of benzene rings is 3. The largest absolute Gasteiger partial charge is 0.489 e. The van der Waals surface area contributed by atoms with Crippen molar-refractivity contribution in [2.75, 3.05) is 32.7 Å². The Bertz CT molecular complexity index is 1310. The monoisotopic (exact) mass is 481 g/mol. The zero-order chi connectivity index (χ0) is 24.7. The minimum Gasteiger partial charge on any atom is -0.489 e. The average Bonchev–Trinajstić information content (AvgIpc) is 3.32. The molecule has 2 heterocycles. The number of piperazine rings is 1. The van der Waals surface area contributed by atoms with Gasteiger partial charge in [-0.2, -0.15) is 0 Å². The quantitative estimate of drug-likeness (QED) is 0.344. The van der Waals surface area contributed by atoms with Crippen molar-refractivity contribution in [3.05, 3.63) is 108 Å². The van der Waals surface area contributed by atoms with E-state index in [-0.39, 0.29) is 0 Å². The van der Waals surface area contributed by atoms with E-state index in [1.165, 1.54) is 5.56 Å². The highest BCUT2D eigenvalue weighted by molar-refractivity contribution is 5.90. The molecule has 6 nitrogen and oxygen atoms in total. The van der Waals surface area contributed by atoms with Gasteiger partial charge in [-0.3, -0.25) is 14.6 Å². The molecule has 0 amide bonds. The highest BCUT2D eigenvalue weighted by Crippen LogP contribution is 2.31. The van der Waals surface area contributed by atoms with Crippen molar-refractivity contribution in [2.45, 2.75) is 12.6 Å². The third-order valence-corrected chi connectivity index (χ3v) is 6.71. The predicted molar refractivity (Wildman–Crippen MR) is 143 cm³/mol. The van der Waals surface area contributed by atoms with E-state index in [0.717, 1.165) is 47.4 Å². The van der Waals surface area contributed by atoms with E-state index < -0.39 is 12.0 Å². The highest BCUT2D eigenvalue weighted by atomic mass is 16.5. The van der Waals surface area contributed by atoms with Gasteiger partial charge in [-0.1, -0.05) is 72.8 Å². The molecule has 36 heavy (non-hydrogen) atoms. The number of carboxylic acids is 1. The first-order chi connectivity index (χ1) is 17.7. The third-order valence-electron chi connectivity index (χ3n) is 6.71. The summed E-state index contributed by atoms with van der Waals surface area (Å²) in [6.07, 6.45) is 6.15. The summed E-state index contributed by atoms with van der Waals surface area (Å²) in [4.78, 5) is 20.1. The fourth-order valence-corrected chi connectivity index (χ4v) is 4.78. The van der Waals surface area contributed by atoms with Crippen molar-refractivity contribution in [3.8, 4) is 5.75 Å². The van der Waals surface area contributed by atoms with Crippen LogP contribution >= 0.6 is 0 Å². The van der Waals surface area contributed by atoms with Gasteiger partial charge in [-0.25, -0.2) is 0 Å². The average molecular weight is 482 g/mol. The summed E-state index contributed by atoms with van der Waals surface area (Å²) in [5.74, 6) is -0.0680. The van der Waals surface area contributed by atoms with Gasteiger partial charge in [0.15, 0.2) is 0 Å². The first-order valence-electron chi connectivity index (χ1n) is 12.4. The van der Waals surface area contributed by atoms with E-state index in [9.17, 15) is 9.90 Å². The fraction of sp³-hybridized carbons (Fsp3) is 0.233. The number of nitrogens with one attached hydrogen (secondary N) is 1. The Morgan fingerprint density at radius 1 is 0.972 bits per heavy atom. The lowest BCUT2D eigenvalue weighted by molar-refractivity contribution is -0.144. The molecule has 1 fully saturated rings. The standard InChI is InChI=1S/C30H31N3O3/c34-30(35)29(33-18-16-32(17-19-33)15-7-12-23-8-3-1-4-9-23)27-21-31-28-20-25(13-14-26(27)28)36-22-24-10-5-2-6-11-24/h1-14,20-21,29,31H,15-19,22H2,(H,34,35)/b12-7+/t29-/m1/s1. The normalized spacial score (nSPS) is 15.9.